The average molecular weight is 272 g/mol. The molecule has 0 aliphatic carbocycles. The number of aliphatic hydroxyl groups excluding tert-OH is 1. The molecule has 0 heterocycles. The Labute approximate surface area is 108 Å². The highest BCUT2D eigenvalue weighted by molar-refractivity contribution is 7.89. The molecule has 102 valence electrons. The van der Waals surface area contributed by atoms with Crippen molar-refractivity contribution < 1.29 is 13.5 Å². The van der Waals surface area contributed by atoms with Gasteiger partial charge in [-0.1, -0.05) is 12.1 Å². The predicted octanol–water partition coefficient (Wildman–Crippen LogP) is 0.191. The maximum atomic E-state index is 12.1. The fraction of sp³-hybridized carbons (Fsp3) is 0.500. The van der Waals surface area contributed by atoms with Crippen molar-refractivity contribution in [2.45, 2.75) is 17.7 Å². The van der Waals surface area contributed by atoms with Crippen molar-refractivity contribution >= 4 is 10.0 Å². The van der Waals surface area contributed by atoms with Crippen LogP contribution in [0.25, 0.3) is 0 Å². The lowest BCUT2D eigenvalue weighted by molar-refractivity contribution is 0.275. The minimum atomic E-state index is -3.45. The molecule has 0 fully saturated rings. The predicted molar refractivity (Wildman–Crippen MR) is 70.7 cm³/mol. The highest BCUT2D eigenvalue weighted by Gasteiger charge is 2.19. The fourth-order valence-corrected chi connectivity index (χ4v) is 2.80. The van der Waals surface area contributed by atoms with E-state index in [4.69, 9.17) is 10.8 Å². The third-order valence-electron chi connectivity index (χ3n) is 2.70. The van der Waals surface area contributed by atoms with E-state index in [0.717, 1.165) is 12.0 Å². The lowest BCUT2D eigenvalue weighted by Gasteiger charge is -2.16. The molecule has 0 unspecified atom stereocenters. The first-order chi connectivity index (χ1) is 8.52. The van der Waals surface area contributed by atoms with Crippen LogP contribution in [0.4, 0.5) is 0 Å². The molecule has 0 saturated heterocycles. The number of rotatable bonds is 7. The van der Waals surface area contributed by atoms with Crippen LogP contribution in [0.2, 0.25) is 0 Å². The van der Waals surface area contributed by atoms with Gasteiger partial charge in [-0.3, -0.25) is 0 Å². The Hall–Kier alpha value is -0.950. The highest BCUT2D eigenvalue weighted by Crippen LogP contribution is 2.15. The third kappa shape index (κ3) is 3.78. The topological polar surface area (TPSA) is 83.6 Å². The first-order valence-electron chi connectivity index (χ1n) is 5.88. The van der Waals surface area contributed by atoms with Crippen LogP contribution in [0.3, 0.4) is 0 Å². The van der Waals surface area contributed by atoms with E-state index >= 15 is 0 Å². The van der Waals surface area contributed by atoms with E-state index in [2.05, 4.69) is 0 Å². The second kappa shape index (κ2) is 6.84. The fourth-order valence-electron chi connectivity index (χ4n) is 1.59. The molecule has 3 N–H and O–H groups in total. The SMILES string of the molecule is CN(CCCO)S(=O)(=O)c1ccc(CCN)cc1. The van der Waals surface area contributed by atoms with Gasteiger partial charge in [0.2, 0.25) is 10.0 Å². The third-order valence-corrected chi connectivity index (χ3v) is 4.57. The summed E-state index contributed by atoms with van der Waals surface area (Å²) in [5.41, 5.74) is 6.46. The normalized spacial score (nSPS) is 12.0. The van der Waals surface area contributed by atoms with Gasteiger partial charge in [0, 0.05) is 20.2 Å². The standard InChI is InChI=1S/C12H20N2O3S/c1-14(9-2-10-15)18(16,17)12-5-3-11(4-6-12)7-8-13/h3-6,15H,2,7-10,13H2,1H3. The van der Waals surface area contributed by atoms with Gasteiger partial charge in [-0.25, -0.2) is 12.7 Å². The van der Waals surface area contributed by atoms with Crippen LogP contribution in [0.5, 0.6) is 0 Å². The van der Waals surface area contributed by atoms with E-state index in [9.17, 15) is 8.42 Å². The maximum absolute atomic E-state index is 12.1. The Morgan fingerprint density at radius 1 is 1.28 bits per heavy atom. The van der Waals surface area contributed by atoms with Crippen LogP contribution in [0, 0.1) is 0 Å². The van der Waals surface area contributed by atoms with Gasteiger partial charge in [-0.05, 0) is 37.1 Å². The molecule has 0 amide bonds. The van der Waals surface area contributed by atoms with E-state index in [-0.39, 0.29) is 11.5 Å². The molecule has 1 rings (SSSR count). The summed E-state index contributed by atoms with van der Waals surface area (Å²) in [7, 11) is -1.94. The zero-order valence-electron chi connectivity index (χ0n) is 10.5. The van der Waals surface area contributed by atoms with Crippen LogP contribution in [0.1, 0.15) is 12.0 Å². The van der Waals surface area contributed by atoms with Crippen LogP contribution in [-0.2, 0) is 16.4 Å². The van der Waals surface area contributed by atoms with E-state index < -0.39 is 10.0 Å². The summed E-state index contributed by atoms with van der Waals surface area (Å²) in [5.74, 6) is 0. The Kier molecular flexibility index (Phi) is 5.74. The molecular formula is C12H20N2O3S. The van der Waals surface area contributed by atoms with Gasteiger partial charge in [0.15, 0.2) is 0 Å². The Morgan fingerprint density at radius 2 is 1.89 bits per heavy atom. The molecule has 1 aromatic carbocycles. The Bertz CT molecular complexity index is 457. The molecule has 0 saturated carbocycles. The summed E-state index contributed by atoms with van der Waals surface area (Å²) in [6.45, 7) is 0.835. The summed E-state index contributed by atoms with van der Waals surface area (Å²) >= 11 is 0. The summed E-state index contributed by atoms with van der Waals surface area (Å²) < 4.78 is 25.5. The van der Waals surface area contributed by atoms with E-state index in [1.807, 2.05) is 0 Å². The van der Waals surface area contributed by atoms with Gasteiger partial charge >= 0.3 is 0 Å². The molecule has 0 aliphatic rings. The molecule has 1 aromatic rings. The maximum Gasteiger partial charge on any atom is 0.242 e. The van der Waals surface area contributed by atoms with Gasteiger partial charge in [0.25, 0.3) is 0 Å². The molecular weight excluding hydrogens is 252 g/mol. The van der Waals surface area contributed by atoms with Crippen molar-refractivity contribution in [2.24, 2.45) is 5.73 Å². The second-order valence-electron chi connectivity index (χ2n) is 4.09. The minimum absolute atomic E-state index is 0.0186. The number of nitrogens with two attached hydrogens (primary N) is 1. The summed E-state index contributed by atoms with van der Waals surface area (Å²) in [6.07, 6.45) is 1.17. The number of benzene rings is 1. The van der Waals surface area contributed by atoms with Crippen molar-refractivity contribution in [2.75, 3.05) is 26.7 Å². The summed E-state index contributed by atoms with van der Waals surface area (Å²) in [5, 5.41) is 8.71. The first-order valence-corrected chi connectivity index (χ1v) is 7.32. The van der Waals surface area contributed by atoms with Crippen molar-refractivity contribution in [3.8, 4) is 0 Å². The van der Waals surface area contributed by atoms with Gasteiger partial charge in [0.1, 0.15) is 0 Å². The monoisotopic (exact) mass is 272 g/mol. The van der Waals surface area contributed by atoms with Crippen molar-refractivity contribution in [3.05, 3.63) is 29.8 Å². The molecule has 0 radical (unpaired) electrons. The average Bonchev–Trinajstić information content (AvgIpc) is 2.37. The van der Waals surface area contributed by atoms with E-state index in [1.54, 1.807) is 24.3 Å². The van der Waals surface area contributed by atoms with Crippen LogP contribution in [0.15, 0.2) is 29.2 Å². The van der Waals surface area contributed by atoms with E-state index in [1.165, 1.54) is 11.4 Å². The second-order valence-corrected chi connectivity index (χ2v) is 6.13. The quantitative estimate of drug-likeness (QED) is 0.742. The van der Waals surface area contributed by atoms with Crippen molar-refractivity contribution in [3.63, 3.8) is 0 Å². The van der Waals surface area contributed by atoms with E-state index in [0.29, 0.717) is 19.5 Å². The number of hydrogen-bond donors (Lipinski definition) is 2. The molecule has 0 bridgehead atoms. The zero-order chi connectivity index (χ0) is 13.6. The highest BCUT2D eigenvalue weighted by atomic mass is 32.2. The number of hydrogen-bond acceptors (Lipinski definition) is 4. The van der Waals surface area contributed by atoms with Gasteiger partial charge in [0.05, 0.1) is 4.90 Å². The first kappa shape index (κ1) is 15.1. The zero-order valence-corrected chi connectivity index (χ0v) is 11.4. The molecule has 5 nitrogen and oxygen atoms in total. The van der Waals surface area contributed by atoms with Gasteiger partial charge in [-0.2, -0.15) is 0 Å². The van der Waals surface area contributed by atoms with Crippen LogP contribution in [-0.4, -0.2) is 44.6 Å². The molecule has 0 aromatic heterocycles. The molecule has 6 heteroatoms. The van der Waals surface area contributed by atoms with Gasteiger partial charge in [-0.15, -0.1) is 0 Å². The lowest BCUT2D eigenvalue weighted by Crippen LogP contribution is -2.28. The van der Waals surface area contributed by atoms with Crippen LogP contribution >= 0.6 is 0 Å². The largest absolute Gasteiger partial charge is 0.396 e. The molecule has 0 atom stereocenters. The Morgan fingerprint density at radius 3 is 2.39 bits per heavy atom. The molecule has 18 heavy (non-hydrogen) atoms. The van der Waals surface area contributed by atoms with Gasteiger partial charge < -0.3 is 10.8 Å². The number of nitrogens with zero attached hydrogens (tertiary/aromatic N) is 1. The molecule has 0 aliphatic heterocycles. The number of aliphatic hydroxyl groups is 1. The van der Waals surface area contributed by atoms with Crippen molar-refractivity contribution in [1.29, 1.82) is 0 Å². The lowest BCUT2D eigenvalue weighted by atomic mass is 10.2. The van der Waals surface area contributed by atoms with Crippen LogP contribution < -0.4 is 5.73 Å². The Balaban J connectivity index is 2.84. The minimum Gasteiger partial charge on any atom is -0.396 e. The molecule has 0 spiro atoms. The van der Waals surface area contributed by atoms with Crippen molar-refractivity contribution in [1.82, 2.24) is 4.31 Å². The summed E-state index contributed by atoms with van der Waals surface area (Å²) in [4.78, 5) is 0.267. The number of sulfonamides is 1. The smallest absolute Gasteiger partial charge is 0.242 e. The summed E-state index contributed by atoms with van der Waals surface area (Å²) in [6, 6.07) is 6.74.